The predicted molar refractivity (Wildman–Crippen MR) is 303 cm³/mol. The first kappa shape index (κ1) is 58.4. The van der Waals surface area contributed by atoms with Crippen LogP contribution in [0.15, 0.2) is 109 Å². The minimum absolute atomic E-state index is 0.0943. The van der Waals surface area contributed by atoms with Gasteiger partial charge in [-0.15, -0.1) is 22.7 Å². The van der Waals surface area contributed by atoms with E-state index in [9.17, 15) is 38.4 Å². The summed E-state index contributed by atoms with van der Waals surface area (Å²) in [7, 11) is 0. The van der Waals surface area contributed by atoms with Gasteiger partial charge in [0, 0.05) is 75.6 Å². The van der Waals surface area contributed by atoms with Gasteiger partial charge in [0.15, 0.2) is 54.9 Å². The SMILES string of the molecule is CC(=O)OC[C@H]1O[C@@H](n2c(-c3cc4ccccc4s3)c(C(=O)c3c(-c4cc5ccccc5s4)n([C@@H]4O[C@H](COC(C)=O)[C@@H](OC(C)=O)[C@H](OC(C)=O)[C@H]4OC(C)=O)c4ccccc34)c3ccccc32)[C@H](OC(C)=O)[C@@H](OC(C)=O)[C@@H]1OC(C)=O. The van der Waals surface area contributed by atoms with E-state index in [1.165, 1.54) is 36.5 Å². The van der Waals surface area contributed by atoms with Crippen molar-refractivity contribution in [1.82, 2.24) is 9.13 Å². The molecule has 2 saturated heterocycles. The van der Waals surface area contributed by atoms with Crippen LogP contribution in [0, 0.1) is 0 Å². The number of ether oxygens (including phenoxy) is 10. The number of rotatable bonds is 16. The first-order valence-corrected chi connectivity index (χ1v) is 28.2. The molecule has 0 amide bonds. The summed E-state index contributed by atoms with van der Waals surface area (Å²) in [6.07, 6.45) is -15.3. The molecule has 0 aliphatic carbocycles. The zero-order valence-electron chi connectivity index (χ0n) is 46.5. The third kappa shape index (κ3) is 11.6. The van der Waals surface area contributed by atoms with Crippen LogP contribution in [0.2, 0.25) is 0 Å². The highest BCUT2D eigenvalue weighted by atomic mass is 32.1. The summed E-state index contributed by atoms with van der Waals surface area (Å²) < 4.78 is 65.4. The maximum atomic E-state index is 17.2. The van der Waals surface area contributed by atoms with Crippen LogP contribution in [0.5, 0.6) is 0 Å². The number of thiophene rings is 2. The first-order chi connectivity index (χ1) is 40.2. The fourth-order valence-corrected chi connectivity index (χ4v) is 13.4. The highest BCUT2D eigenvalue weighted by Gasteiger charge is 2.56. The lowest BCUT2D eigenvalue weighted by molar-refractivity contribution is -0.267. The summed E-state index contributed by atoms with van der Waals surface area (Å²) in [4.78, 5) is 122. The quantitative estimate of drug-likeness (QED) is 0.0496. The van der Waals surface area contributed by atoms with Crippen LogP contribution in [0.4, 0.5) is 0 Å². The van der Waals surface area contributed by atoms with E-state index >= 15 is 4.79 Å². The number of aromatic nitrogens is 2. The lowest BCUT2D eigenvalue weighted by Crippen LogP contribution is -2.60. The number of hydrogen-bond acceptors (Lipinski definition) is 21. The third-order valence-corrected chi connectivity index (χ3v) is 16.3. The van der Waals surface area contributed by atoms with Gasteiger partial charge in [-0.05, 0) is 47.2 Å². The number of hydrogen-bond donors (Lipinski definition) is 0. The highest BCUT2D eigenvalue weighted by Crippen LogP contribution is 2.50. The van der Waals surface area contributed by atoms with Crippen LogP contribution in [0.25, 0.3) is 63.1 Å². The summed E-state index contributed by atoms with van der Waals surface area (Å²) >= 11 is 2.67. The van der Waals surface area contributed by atoms with E-state index < -0.39 is 128 Å². The Balaban J connectivity index is 1.31. The molecule has 0 saturated carbocycles. The zero-order valence-corrected chi connectivity index (χ0v) is 48.2. The summed E-state index contributed by atoms with van der Waals surface area (Å²) in [5.41, 5.74) is 1.35. The number of para-hydroxylation sites is 2. The molecule has 0 spiro atoms. The molecular formula is C61H56N2O19S2. The Morgan fingerprint density at radius 3 is 1.07 bits per heavy atom. The van der Waals surface area contributed by atoms with Crippen LogP contribution < -0.4 is 0 Å². The molecule has 4 aromatic heterocycles. The van der Waals surface area contributed by atoms with E-state index in [0.29, 0.717) is 31.6 Å². The Morgan fingerprint density at radius 1 is 0.405 bits per heavy atom. The second-order valence-electron chi connectivity index (χ2n) is 20.0. The first-order valence-electron chi connectivity index (χ1n) is 26.6. The second-order valence-corrected chi connectivity index (χ2v) is 22.2. The maximum Gasteiger partial charge on any atom is 0.303 e. The number of ketones is 1. The van der Waals surface area contributed by atoms with E-state index in [0.717, 1.165) is 61.7 Å². The van der Waals surface area contributed by atoms with Crippen molar-refractivity contribution in [3.05, 3.63) is 120 Å². The Morgan fingerprint density at radius 2 is 0.726 bits per heavy atom. The van der Waals surface area contributed by atoms with Gasteiger partial charge in [-0.25, -0.2) is 0 Å². The summed E-state index contributed by atoms with van der Waals surface area (Å²) in [5.74, 6) is -7.04. The number of benzene rings is 4. The minimum atomic E-state index is -1.62. The molecule has 10 rings (SSSR count). The van der Waals surface area contributed by atoms with Gasteiger partial charge in [0.05, 0.1) is 43.3 Å². The smallest absolute Gasteiger partial charge is 0.303 e. The number of fused-ring (bicyclic) bond motifs is 4. The van der Waals surface area contributed by atoms with Gasteiger partial charge in [-0.2, -0.15) is 0 Å². The number of esters is 8. The lowest BCUT2D eigenvalue weighted by atomic mass is 9.95. The van der Waals surface area contributed by atoms with E-state index in [1.807, 2.05) is 60.7 Å². The van der Waals surface area contributed by atoms with Gasteiger partial charge in [-0.3, -0.25) is 43.2 Å². The van der Waals surface area contributed by atoms with Crippen LogP contribution in [0.3, 0.4) is 0 Å². The molecule has 2 aliphatic heterocycles. The molecular weight excluding hydrogens is 1130 g/mol. The van der Waals surface area contributed by atoms with Crippen molar-refractivity contribution in [2.24, 2.45) is 0 Å². The molecule has 0 radical (unpaired) electrons. The van der Waals surface area contributed by atoms with Crippen molar-refractivity contribution in [3.63, 3.8) is 0 Å². The molecule has 2 fully saturated rings. The summed E-state index contributed by atoms with van der Waals surface area (Å²) in [6, 6.07) is 32.7. The fourth-order valence-electron chi connectivity index (χ4n) is 11.1. The molecule has 8 aromatic rings. The standard InChI is InChI=1S/C61H56N2O19S2/c1-29(64)73-27-43-54(75-31(3)66)56(77-33(5)68)58(79-35(7)70)60(81-43)62-41-21-13-11-19-39(41)49(51(62)47-25-37-17-9-15-23-45(37)83-47)53(72)50-40-20-12-14-22-42(40)63(52(50)48-26-38-18-10-16-24-46(38)84-48)61-59(80-36(8)71)57(78-34(6)69)55(76-32(4)67)44(82-61)28-74-30(2)65/h9-26,43-44,54-61H,27-28H2,1-8H3/t43-,44-,54-,55-,56+,57+,58-,59-,60-,61-/m1/s1. The molecule has 21 nitrogen and oxygen atoms in total. The van der Waals surface area contributed by atoms with Crippen LogP contribution in [0.1, 0.15) is 83.8 Å². The van der Waals surface area contributed by atoms with Crippen molar-refractivity contribution in [2.45, 2.75) is 117 Å². The van der Waals surface area contributed by atoms with E-state index in [2.05, 4.69) is 0 Å². The van der Waals surface area contributed by atoms with Crippen LogP contribution in [-0.4, -0.2) is 125 Å². The van der Waals surface area contributed by atoms with Crippen molar-refractivity contribution >= 4 is 118 Å². The normalized spacial score (nSPS) is 22.2. The van der Waals surface area contributed by atoms with Crippen LogP contribution in [-0.2, 0) is 85.7 Å². The summed E-state index contributed by atoms with van der Waals surface area (Å²) in [5, 5.41) is 2.30. The Bertz CT molecular complexity index is 3630. The number of carbonyl (C=O) groups excluding carboxylic acids is 9. The molecule has 436 valence electrons. The minimum Gasteiger partial charge on any atom is -0.463 e. The highest BCUT2D eigenvalue weighted by molar-refractivity contribution is 7.22. The molecule has 2 aliphatic rings. The summed E-state index contributed by atoms with van der Waals surface area (Å²) in [6.45, 7) is 8.04. The molecule has 0 unspecified atom stereocenters. The second kappa shape index (κ2) is 24.2. The monoisotopic (exact) mass is 1180 g/mol. The topological polar surface area (TPSA) is 256 Å². The molecule has 0 N–H and O–H groups in total. The van der Waals surface area contributed by atoms with Crippen molar-refractivity contribution in [1.29, 1.82) is 0 Å². The Hall–Kier alpha value is -8.77. The van der Waals surface area contributed by atoms with E-state index in [-0.39, 0.29) is 22.5 Å². The molecule has 6 heterocycles. The molecule has 10 atom stereocenters. The van der Waals surface area contributed by atoms with Gasteiger partial charge < -0.3 is 56.5 Å². The van der Waals surface area contributed by atoms with Gasteiger partial charge in [0.25, 0.3) is 0 Å². The predicted octanol–water partition coefficient (Wildman–Crippen LogP) is 9.10. The lowest BCUT2D eigenvalue weighted by Gasteiger charge is -2.45. The molecule has 23 heteroatoms. The van der Waals surface area contributed by atoms with Crippen molar-refractivity contribution < 1.29 is 90.5 Å². The number of carbonyl (C=O) groups is 9. The van der Waals surface area contributed by atoms with Crippen molar-refractivity contribution in [3.8, 4) is 21.1 Å². The Labute approximate surface area is 487 Å². The van der Waals surface area contributed by atoms with Gasteiger partial charge in [0.2, 0.25) is 0 Å². The molecule has 0 bridgehead atoms. The van der Waals surface area contributed by atoms with Gasteiger partial charge >= 0.3 is 47.8 Å². The van der Waals surface area contributed by atoms with E-state index in [4.69, 9.17) is 47.4 Å². The molecule has 84 heavy (non-hydrogen) atoms. The van der Waals surface area contributed by atoms with Crippen LogP contribution >= 0.6 is 22.7 Å². The largest absolute Gasteiger partial charge is 0.463 e. The molecule has 4 aromatic carbocycles. The average molecular weight is 1190 g/mol. The van der Waals surface area contributed by atoms with E-state index in [1.54, 1.807) is 57.7 Å². The van der Waals surface area contributed by atoms with Crippen molar-refractivity contribution in [2.75, 3.05) is 13.2 Å². The third-order valence-electron chi connectivity index (χ3n) is 14.0. The number of nitrogens with zero attached hydrogens (tertiary/aromatic N) is 2. The fraction of sp³-hybridized carbons (Fsp3) is 0.328. The average Bonchev–Trinajstić information content (AvgIpc) is 1.66. The van der Waals surface area contributed by atoms with Gasteiger partial charge in [-0.1, -0.05) is 72.8 Å². The zero-order chi connectivity index (χ0) is 59.8. The van der Waals surface area contributed by atoms with Gasteiger partial charge in [0.1, 0.15) is 25.4 Å². The maximum absolute atomic E-state index is 17.2. The Kier molecular flexibility index (Phi) is 16.8.